The van der Waals surface area contributed by atoms with Gasteiger partial charge in [-0.25, -0.2) is 49.5 Å². The van der Waals surface area contributed by atoms with Crippen LogP contribution < -0.4 is 33.2 Å². The first-order chi connectivity index (χ1) is 48.4. The zero-order chi connectivity index (χ0) is 68.2. The van der Waals surface area contributed by atoms with Crippen molar-refractivity contribution in [1.29, 1.82) is 0 Å². The summed E-state index contributed by atoms with van der Waals surface area (Å²) >= 11 is 3.47. The number of amides is 4. The summed E-state index contributed by atoms with van der Waals surface area (Å²) in [5.74, 6) is 4.85. The topological polar surface area (TPSA) is 324 Å². The van der Waals surface area contributed by atoms with Gasteiger partial charge in [0.25, 0.3) is 11.8 Å². The number of imidazole rings is 3. The molecule has 3 atom stereocenters. The maximum absolute atomic E-state index is 12.9. The molecule has 0 radical (unpaired) electrons. The molecule has 0 unspecified atom stereocenters. The standard InChI is InChI=1S/C31H29N7O3.C23H23N7O.C19H20BrN5O2/c32-28-27-26(22-11-13-23(14-12-22)30(39)35-25-10-4-5-15-33-25)36-29(38(27)18-16-34-28)24-9-6-17-37(19-24)31(40)41-20-21-7-2-1-3-8-21;24-21-20-19(29-22(30(20)13-12-27-21)17-4-3-10-25-14-17)15-6-8-16(9-7-15)23(31)28-18-5-1-2-11-26-18;20-16-15-17(21)22-8-10-25(15)18(23-16)14-7-4-9-24(11-14)19(26)27-12-13-5-2-1-3-6-13/h1-5,7-8,10-16,18,24H,6,9,17,19-20H2,(H2,32,34)(H,33,35,39);1-2,5-9,11-13,17,25H,3-4,10,14H2,(H2,24,27)(H,26,28,31);1-3,5-6,8,10,14H,4,7,9,11-12H2,(H2,21,22)/t24-;17-;14-/m111/s1. The van der Waals surface area contributed by atoms with E-state index in [4.69, 9.17) is 36.6 Å². The first-order valence-electron chi connectivity index (χ1n) is 32.7. The van der Waals surface area contributed by atoms with E-state index in [1.807, 2.05) is 124 Å². The zero-order valence-corrected chi connectivity index (χ0v) is 55.6. The number of ether oxygens (including phenoxy) is 2. The number of hydrogen-bond donors (Lipinski definition) is 6. The summed E-state index contributed by atoms with van der Waals surface area (Å²) in [6.07, 6.45) is 19.0. The largest absolute Gasteiger partial charge is 0.445 e. The van der Waals surface area contributed by atoms with E-state index in [1.165, 1.54) is 0 Å². The van der Waals surface area contributed by atoms with Gasteiger partial charge in [0.1, 0.15) is 86.5 Å². The molecule has 3 saturated heterocycles. The fourth-order valence-corrected chi connectivity index (χ4v) is 13.3. The van der Waals surface area contributed by atoms with Crippen molar-refractivity contribution in [3.63, 3.8) is 0 Å². The Bertz CT molecular complexity index is 4790. The molecular formula is C73H72BrN19O6. The normalized spacial score (nSPS) is 16.0. The number of pyridine rings is 2. The number of nitrogens with two attached hydrogens (primary N) is 3. The molecule has 0 spiro atoms. The van der Waals surface area contributed by atoms with Crippen LogP contribution >= 0.6 is 15.9 Å². The minimum atomic E-state index is -0.333. The maximum Gasteiger partial charge on any atom is 0.410 e. The summed E-state index contributed by atoms with van der Waals surface area (Å²) in [6.45, 7) is 4.83. The lowest BCUT2D eigenvalue weighted by molar-refractivity contribution is 0.0847. The van der Waals surface area contributed by atoms with E-state index in [1.54, 1.807) is 89.3 Å². The molecule has 99 heavy (non-hydrogen) atoms. The number of nitrogens with one attached hydrogen (secondary N) is 3. The number of benzene rings is 4. The second kappa shape index (κ2) is 30.6. The highest BCUT2D eigenvalue weighted by molar-refractivity contribution is 9.10. The third-order valence-corrected chi connectivity index (χ3v) is 18.2. The molecule has 8 aromatic heterocycles. The molecule has 0 saturated carbocycles. The third-order valence-electron chi connectivity index (χ3n) is 17.6. The van der Waals surface area contributed by atoms with Crippen LogP contribution in [0.3, 0.4) is 0 Å². The number of rotatable bonds is 13. The van der Waals surface area contributed by atoms with Gasteiger partial charge in [0.05, 0.1) is 0 Å². The van der Waals surface area contributed by atoms with Crippen molar-refractivity contribution in [2.24, 2.45) is 0 Å². The van der Waals surface area contributed by atoms with Crippen molar-refractivity contribution in [3.8, 4) is 22.5 Å². The summed E-state index contributed by atoms with van der Waals surface area (Å²) in [4.78, 5) is 89.8. The van der Waals surface area contributed by atoms with E-state index in [2.05, 4.69) is 66.2 Å². The van der Waals surface area contributed by atoms with Crippen molar-refractivity contribution in [3.05, 3.63) is 239 Å². The molecule has 0 aliphatic carbocycles. The van der Waals surface area contributed by atoms with E-state index >= 15 is 0 Å². The molecule has 3 fully saturated rings. The fourth-order valence-electron chi connectivity index (χ4n) is 12.7. The van der Waals surface area contributed by atoms with Crippen molar-refractivity contribution in [1.82, 2.24) is 68.2 Å². The number of anilines is 5. The number of nitrogens with zero attached hydrogens (tertiary/aromatic N) is 13. The minimum Gasteiger partial charge on any atom is -0.445 e. The second-order valence-corrected chi connectivity index (χ2v) is 24.9. The quantitative estimate of drug-likeness (QED) is 0.0624. The average Bonchev–Trinajstić information content (AvgIpc) is 1.63. The van der Waals surface area contributed by atoms with Gasteiger partial charge >= 0.3 is 12.2 Å². The van der Waals surface area contributed by atoms with Gasteiger partial charge in [-0.1, -0.05) is 97.1 Å². The van der Waals surface area contributed by atoms with E-state index in [9.17, 15) is 19.2 Å². The number of aromatic nitrogens is 11. The van der Waals surface area contributed by atoms with Crippen LogP contribution in [0.4, 0.5) is 38.7 Å². The van der Waals surface area contributed by atoms with Crippen molar-refractivity contribution >= 4 is 85.6 Å². The van der Waals surface area contributed by atoms with Gasteiger partial charge in [-0.15, -0.1) is 0 Å². The second-order valence-electron chi connectivity index (χ2n) is 24.2. The molecule has 15 rings (SSSR count). The van der Waals surface area contributed by atoms with Crippen LogP contribution in [0.2, 0.25) is 0 Å². The van der Waals surface area contributed by atoms with E-state index in [0.717, 1.165) is 108 Å². The van der Waals surface area contributed by atoms with Crippen LogP contribution in [0.15, 0.2) is 200 Å². The Kier molecular flexibility index (Phi) is 20.4. The Morgan fingerprint density at radius 2 is 0.889 bits per heavy atom. The Labute approximate surface area is 578 Å². The molecule has 4 aromatic carbocycles. The molecule has 0 bridgehead atoms. The predicted octanol–water partition coefficient (Wildman–Crippen LogP) is 11.8. The molecule has 3 aliphatic rings. The first kappa shape index (κ1) is 66.0. The fraction of sp³-hybridized carbons (Fsp3) is 0.233. The smallest absolute Gasteiger partial charge is 0.410 e. The highest BCUT2D eigenvalue weighted by Crippen LogP contribution is 2.37. The Morgan fingerprint density at radius 1 is 0.475 bits per heavy atom. The van der Waals surface area contributed by atoms with Crippen LogP contribution in [0.25, 0.3) is 39.1 Å². The van der Waals surface area contributed by atoms with Crippen molar-refractivity contribution in [2.45, 2.75) is 69.5 Å². The number of carbonyl (C=O) groups excluding carboxylic acids is 4. The molecule has 12 aromatic rings. The van der Waals surface area contributed by atoms with Gasteiger partial charge in [-0.3, -0.25) is 22.8 Å². The molecule has 502 valence electrons. The Hall–Kier alpha value is -11.6. The molecule has 25 nitrogen and oxygen atoms in total. The SMILES string of the molecule is Nc1nccn2c([C@@H]3CCCN(C(=O)OCc4ccccc4)C3)nc(-c3ccc(C(=O)Nc4ccccn4)cc3)c12.Nc1nccn2c([C@@H]3CCCN(C(=O)OCc4ccccc4)C3)nc(Br)c12.Nc1nccn2c([C@@H]3CCCNC3)nc(-c3ccc(C(=O)Nc4ccccn4)cc3)c12. The average molecular weight is 1390 g/mol. The van der Waals surface area contributed by atoms with Gasteiger partial charge in [0, 0.05) is 122 Å². The van der Waals surface area contributed by atoms with Crippen molar-refractivity contribution in [2.75, 3.05) is 67.1 Å². The van der Waals surface area contributed by atoms with E-state index in [0.29, 0.717) is 88.1 Å². The van der Waals surface area contributed by atoms with Gasteiger partial charge < -0.3 is 52.4 Å². The van der Waals surface area contributed by atoms with E-state index < -0.39 is 0 Å². The predicted molar refractivity (Wildman–Crippen MR) is 380 cm³/mol. The van der Waals surface area contributed by atoms with Crippen molar-refractivity contribution < 1.29 is 28.7 Å². The van der Waals surface area contributed by atoms with Crippen LogP contribution in [-0.4, -0.2) is 126 Å². The molecular weight excluding hydrogens is 1320 g/mol. The molecule has 9 N–H and O–H groups in total. The summed E-state index contributed by atoms with van der Waals surface area (Å²) in [7, 11) is 0. The van der Waals surface area contributed by atoms with Gasteiger partial charge in [0.2, 0.25) is 0 Å². The first-order valence-corrected chi connectivity index (χ1v) is 33.5. The number of nitrogen functional groups attached to an aromatic ring is 3. The highest BCUT2D eigenvalue weighted by Gasteiger charge is 2.32. The van der Waals surface area contributed by atoms with Gasteiger partial charge in [-0.05, 0) is 121 Å². The lowest BCUT2D eigenvalue weighted by Gasteiger charge is -2.31. The number of halogens is 1. The maximum atomic E-state index is 12.9. The summed E-state index contributed by atoms with van der Waals surface area (Å²) in [5.41, 5.74) is 26.9. The van der Waals surface area contributed by atoms with E-state index in [-0.39, 0.29) is 49.1 Å². The molecule has 3 aliphatic heterocycles. The monoisotopic (exact) mass is 1390 g/mol. The van der Waals surface area contributed by atoms with Crippen LogP contribution in [-0.2, 0) is 22.7 Å². The molecule has 26 heteroatoms. The Balaban J connectivity index is 0.000000137. The number of hydrogen-bond acceptors (Lipinski definition) is 18. The summed E-state index contributed by atoms with van der Waals surface area (Å²) in [5, 5.41) is 9.04. The third kappa shape index (κ3) is 15.3. The number of piperidine rings is 3. The highest BCUT2D eigenvalue weighted by atomic mass is 79.9. The minimum absolute atomic E-state index is 0.0144. The number of carbonyl (C=O) groups is 4. The number of fused-ring (bicyclic) bond motifs is 3. The lowest BCUT2D eigenvalue weighted by atomic mass is 9.97. The van der Waals surface area contributed by atoms with Crippen LogP contribution in [0.5, 0.6) is 0 Å². The summed E-state index contributed by atoms with van der Waals surface area (Å²) < 4.78 is 17.7. The zero-order valence-electron chi connectivity index (χ0n) is 54.0. The summed E-state index contributed by atoms with van der Waals surface area (Å²) in [6, 6.07) is 44.6. The van der Waals surface area contributed by atoms with Crippen LogP contribution in [0.1, 0.15) is 106 Å². The van der Waals surface area contributed by atoms with Crippen LogP contribution in [0, 0.1) is 0 Å². The molecule has 11 heterocycles. The number of likely N-dealkylation sites (tertiary alicyclic amines) is 2. The Morgan fingerprint density at radius 3 is 1.32 bits per heavy atom. The van der Waals surface area contributed by atoms with Gasteiger partial charge in [0.15, 0.2) is 5.82 Å². The lowest BCUT2D eigenvalue weighted by Crippen LogP contribution is -2.39. The van der Waals surface area contributed by atoms with Gasteiger partial charge in [-0.2, -0.15) is 0 Å². The molecule has 4 amide bonds.